The minimum Gasteiger partial charge on any atom is -0.493 e. The maximum absolute atomic E-state index is 5.88. The molecule has 2 rings (SSSR count). The van der Waals surface area contributed by atoms with Crippen molar-refractivity contribution in [1.82, 2.24) is 0 Å². The molecule has 0 N–H and O–H groups in total. The van der Waals surface area contributed by atoms with E-state index in [0.29, 0.717) is 19.0 Å². The van der Waals surface area contributed by atoms with Gasteiger partial charge in [-0.3, -0.25) is 0 Å². The highest BCUT2D eigenvalue weighted by atomic mass is 79.9. The van der Waals surface area contributed by atoms with Crippen LogP contribution in [-0.2, 0) is 17.8 Å². The van der Waals surface area contributed by atoms with E-state index in [-0.39, 0.29) is 12.2 Å². The molecule has 0 aliphatic rings. The molecule has 0 fully saturated rings. The Hall–Kier alpha value is -1.72. The summed E-state index contributed by atoms with van der Waals surface area (Å²) in [5, 5.41) is 0. The summed E-state index contributed by atoms with van der Waals surface area (Å²) in [7, 11) is 1.64. The summed E-state index contributed by atoms with van der Waals surface area (Å²) < 4.78 is 23.7. The fourth-order valence-corrected chi connectivity index (χ4v) is 3.01. The molecule has 0 heterocycles. The van der Waals surface area contributed by atoms with Crippen LogP contribution in [0.15, 0.2) is 40.9 Å². The standard InChI is InChI=1S/C22H29BrO4/c1-15(2)26-19-8-6-17(7-9-19)10-11-25-14-18-12-22(27-16(3)4)21(24-5)13-20(18)23/h6-9,12-13,15-16H,10-11,14H2,1-5H3. The second-order valence-corrected chi connectivity index (χ2v) is 7.73. The summed E-state index contributed by atoms with van der Waals surface area (Å²) in [5.74, 6) is 2.34. The van der Waals surface area contributed by atoms with Gasteiger partial charge in [0.05, 0.1) is 32.5 Å². The number of hydrogen-bond acceptors (Lipinski definition) is 4. The third kappa shape index (κ3) is 7.07. The SMILES string of the molecule is COc1cc(Br)c(COCCc2ccc(OC(C)C)cc2)cc1OC(C)C. The van der Waals surface area contributed by atoms with Crippen LogP contribution in [0.1, 0.15) is 38.8 Å². The van der Waals surface area contributed by atoms with Gasteiger partial charge < -0.3 is 18.9 Å². The Morgan fingerprint density at radius 1 is 0.889 bits per heavy atom. The summed E-state index contributed by atoms with van der Waals surface area (Å²) in [6.45, 7) is 9.19. The van der Waals surface area contributed by atoms with Gasteiger partial charge in [-0.2, -0.15) is 0 Å². The topological polar surface area (TPSA) is 36.9 Å². The molecule has 0 aromatic heterocycles. The Labute approximate surface area is 170 Å². The Morgan fingerprint density at radius 2 is 1.56 bits per heavy atom. The van der Waals surface area contributed by atoms with E-state index in [4.69, 9.17) is 18.9 Å². The Bertz CT molecular complexity index is 711. The van der Waals surface area contributed by atoms with Gasteiger partial charge in [-0.15, -0.1) is 0 Å². The molecule has 0 amide bonds. The van der Waals surface area contributed by atoms with Crippen molar-refractivity contribution < 1.29 is 18.9 Å². The van der Waals surface area contributed by atoms with Crippen LogP contribution in [-0.4, -0.2) is 25.9 Å². The van der Waals surface area contributed by atoms with Crippen LogP contribution in [0, 0.1) is 0 Å². The highest BCUT2D eigenvalue weighted by Gasteiger charge is 2.12. The van der Waals surface area contributed by atoms with Gasteiger partial charge in [-0.25, -0.2) is 0 Å². The van der Waals surface area contributed by atoms with E-state index in [1.165, 1.54) is 5.56 Å². The van der Waals surface area contributed by atoms with Crippen LogP contribution in [0.2, 0.25) is 0 Å². The molecule has 27 heavy (non-hydrogen) atoms. The monoisotopic (exact) mass is 436 g/mol. The van der Waals surface area contributed by atoms with Crippen LogP contribution in [0.3, 0.4) is 0 Å². The minimum absolute atomic E-state index is 0.0801. The van der Waals surface area contributed by atoms with Gasteiger partial charge in [-0.1, -0.05) is 28.1 Å². The molecule has 0 atom stereocenters. The molecule has 5 heteroatoms. The molecule has 4 nitrogen and oxygen atoms in total. The number of benzene rings is 2. The highest BCUT2D eigenvalue weighted by Crippen LogP contribution is 2.34. The average Bonchev–Trinajstić information content (AvgIpc) is 2.61. The van der Waals surface area contributed by atoms with Crippen LogP contribution < -0.4 is 14.2 Å². The van der Waals surface area contributed by atoms with E-state index < -0.39 is 0 Å². The molecule has 0 bridgehead atoms. The first-order valence-electron chi connectivity index (χ1n) is 9.25. The maximum Gasteiger partial charge on any atom is 0.161 e. The second-order valence-electron chi connectivity index (χ2n) is 6.87. The van der Waals surface area contributed by atoms with Gasteiger partial charge in [0.15, 0.2) is 11.5 Å². The van der Waals surface area contributed by atoms with Gasteiger partial charge in [-0.05, 0) is 69.5 Å². The molecule has 2 aromatic carbocycles. The number of methoxy groups -OCH3 is 1. The summed E-state index contributed by atoms with van der Waals surface area (Å²) >= 11 is 3.58. The third-order valence-corrected chi connectivity index (χ3v) is 4.52. The summed E-state index contributed by atoms with van der Waals surface area (Å²) in [4.78, 5) is 0. The van der Waals surface area contributed by atoms with Crippen molar-refractivity contribution in [2.75, 3.05) is 13.7 Å². The number of ether oxygens (including phenoxy) is 4. The molecule has 0 aliphatic heterocycles. The van der Waals surface area contributed by atoms with Crippen molar-refractivity contribution in [2.45, 2.75) is 52.9 Å². The lowest BCUT2D eigenvalue weighted by Gasteiger charge is -2.16. The van der Waals surface area contributed by atoms with Crippen molar-refractivity contribution in [1.29, 1.82) is 0 Å². The van der Waals surface area contributed by atoms with E-state index in [1.54, 1.807) is 7.11 Å². The van der Waals surface area contributed by atoms with Crippen LogP contribution in [0.25, 0.3) is 0 Å². The summed E-state index contributed by atoms with van der Waals surface area (Å²) in [6, 6.07) is 12.1. The predicted molar refractivity (Wildman–Crippen MR) is 112 cm³/mol. The lowest BCUT2D eigenvalue weighted by molar-refractivity contribution is 0.123. The van der Waals surface area contributed by atoms with Crippen molar-refractivity contribution in [2.24, 2.45) is 0 Å². The Kier molecular flexibility index (Phi) is 8.45. The zero-order valence-electron chi connectivity index (χ0n) is 16.8. The first-order chi connectivity index (χ1) is 12.9. The maximum atomic E-state index is 5.88. The molecule has 0 spiro atoms. The Morgan fingerprint density at radius 3 is 2.15 bits per heavy atom. The summed E-state index contributed by atoms with van der Waals surface area (Å²) in [5.41, 5.74) is 2.26. The predicted octanol–water partition coefficient (Wildman–Crippen LogP) is 5.79. The van der Waals surface area contributed by atoms with Gasteiger partial charge >= 0.3 is 0 Å². The summed E-state index contributed by atoms with van der Waals surface area (Å²) in [6.07, 6.45) is 1.12. The smallest absolute Gasteiger partial charge is 0.161 e. The lowest BCUT2D eigenvalue weighted by Crippen LogP contribution is -2.08. The van der Waals surface area contributed by atoms with Crippen LogP contribution in [0.4, 0.5) is 0 Å². The van der Waals surface area contributed by atoms with E-state index in [2.05, 4.69) is 28.1 Å². The second kappa shape index (κ2) is 10.6. The molecule has 2 aromatic rings. The molecular weight excluding hydrogens is 408 g/mol. The molecule has 0 radical (unpaired) electrons. The first-order valence-corrected chi connectivity index (χ1v) is 10.0. The molecule has 0 aliphatic carbocycles. The molecule has 148 valence electrons. The lowest BCUT2D eigenvalue weighted by atomic mass is 10.1. The zero-order chi connectivity index (χ0) is 19.8. The van der Waals surface area contributed by atoms with Gasteiger partial charge in [0, 0.05) is 4.47 Å². The normalized spacial score (nSPS) is 11.1. The van der Waals surface area contributed by atoms with E-state index in [1.807, 2.05) is 52.0 Å². The van der Waals surface area contributed by atoms with Crippen LogP contribution >= 0.6 is 15.9 Å². The third-order valence-electron chi connectivity index (χ3n) is 3.78. The number of hydrogen-bond donors (Lipinski definition) is 0. The minimum atomic E-state index is 0.0801. The quantitative estimate of drug-likeness (QED) is 0.441. The fourth-order valence-electron chi connectivity index (χ4n) is 2.57. The van der Waals surface area contributed by atoms with E-state index >= 15 is 0 Å². The van der Waals surface area contributed by atoms with Gasteiger partial charge in [0.2, 0.25) is 0 Å². The van der Waals surface area contributed by atoms with E-state index in [0.717, 1.165) is 28.0 Å². The molecular formula is C22H29BrO4. The van der Waals surface area contributed by atoms with Crippen molar-refractivity contribution in [3.63, 3.8) is 0 Å². The zero-order valence-corrected chi connectivity index (χ0v) is 18.3. The van der Waals surface area contributed by atoms with Crippen molar-refractivity contribution >= 4 is 15.9 Å². The highest BCUT2D eigenvalue weighted by molar-refractivity contribution is 9.10. The van der Waals surface area contributed by atoms with Crippen molar-refractivity contribution in [3.8, 4) is 17.2 Å². The molecule has 0 saturated heterocycles. The first kappa shape index (κ1) is 21.6. The molecule has 0 saturated carbocycles. The van der Waals surface area contributed by atoms with E-state index in [9.17, 15) is 0 Å². The largest absolute Gasteiger partial charge is 0.493 e. The number of halogens is 1. The van der Waals surface area contributed by atoms with Crippen molar-refractivity contribution in [3.05, 3.63) is 52.0 Å². The number of rotatable bonds is 10. The Balaban J connectivity index is 1.89. The van der Waals surface area contributed by atoms with Gasteiger partial charge in [0.1, 0.15) is 5.75 Å². The average molecular weight is 437 g/mol. The fraction of sp³-hybridized carbons (Fsp3) is 0.455. The van der Waals surface area contributed by atoms with Gasteiger partial charge in [0.25, 0.3) is 0 Å². The van der Waals surface area contributed by atoms with Crippen LogP contribution in [0.5, 0.6) is 17.2 Å². The molecule has 0 unspecified atom stereocenters.